The Morgan fingerprint density at radius 2 is 1.92 bits per heavy atom. The van der Waals surface area contributed by atoms with E-state index in [4.69, 9.17) is 16.7 Å². The van der Waals surface area contributed by atoms with E-state index >= 15 is 0 Å². The topological polar surface area (TPSA) is 112 Å². The Morgan fingerprint density at radius 3 is 2.61 bits per heavy atom. The molecular formula is C28H28ClN5O4. The predicted molar refractivity (Wildman–Crippen MR) is 141 cm³/mol. The van der Waals surface area contributed by atoms with E-state index in [1.165, 1.54) is 24.8 Å². The molecular weight excluding hydrogens is 506 g/mol. The number of benzene rings is 1. The lowest BCUT2D eigenvalue weighted by Gasteiger charge is -2.37. The van der Waals surface area contributed by atoms with Crippen LogP contribution in [0.4, 0.5) is 0 Å². The van der Waals surface area contributed by atoms with Gasteiger partial charge in [-0.25, -0.2) is 9.67 Å². The molecule has 10 heteroatoms. The molecule has 4 heterocycles. The number of halogens is 1. The van der Waals surface area contributed by atoms with Gasteiger partial charge in [-0.15, -0.1) is 0 Å². The van der Waals surface area contributed by atoms with Gasteiger partial charge in [-0.1, -0.05) is 30.7 Å². The summed E-state index contributed by atoms with van der Waals surface area (Å²) in [6.07, 6.45) is 7.15. The summed E-state index contributed by atoms with van der Waals surface area (Å²) >= 11 is 5.86. The average Bonchev–Trinajstić information content (AvgIpc) is 3.13. The third-order valence-electron chi connectivity index (χ3n) is 8.03. The Kier molecular flexibility index (Phi) is 6.10. The van der Waals surface area contributed by atoms with Crippen LogP contribution in [-0.4, -0.2) is 66.2 Å². The van der Waals surface area contributed by atoms with Crippen LogP contribution in [0.3, 0.4) is 0 Å². The van der Waals surface area contributed by atoms with E-state index in [1.54, 1.807) is 14.5 Å². The molecule has 2 N–H and O–H groups in total. The van der Waals surface area contributed by atoms with E-state index < -0.39 is 6.04 Å². The Morgan fingerprint density at radius 1 is 1.11 bits per heavy atom. The summed E-state index contributed by atoms with van der Waals surface area (Å²) in [5.74, 6) is -0.114. The van der Waals surface area contributed by atoms with Crippen LogP contribution < -0.4 is 0 Å². The van der Waals surface area contributed by atoms with Crippen molar-refractivity contribution in [1.29, 1.82) is 0 Å². The van der Waals surface area contributed by atoms with Gasteiger partial charge in [-0.3, -0.25) is 9.59 Å². The number of pyridine rings is 1. The lowest BCUT2D eigenvalue weighted by atomic mass is 9.80. The van der Waals surface area contributed by atoms with Crippen LogP contribution in [0.2, 0.25) is 5.15 Å². The molecule has 2 amide bonds. The predicted octanol–water partition coefficient (Wildman–Crippen LogP) is 3.91. The zero-order chi connectivity index (χ0) is 26.6. The Hall–Kier alpha value is -3.85. The summed E-state index contributed by atoms with van der Waals surface area (Å²) in [5.41, 5.74) is 4.58. The SMILES string of the molecule is C=CC(=O)N1CCc2nn(-c3ccc(C4CCC4)cc3O)c3c2C(C1)N(C(=O)c1cnc(Cl)c(O)c1)CC3. The van der Waals surface area contributed by atoms with E-state index in [9.17, 15) is 19.8 Å². The normalized spacial score (nSPS) is 18.9. The third-order valence-corrected chi connectivity index (χ3v) is 8.32. The number of carbonyl (C=O) groups excluding carboxylic acids is 2. The molecule has 2 aromatic heterocycles. The second-order valence-corrected chi connectivity index (χ2v) is 10.5. The quantitative estimate of drug-likeness (QED) is 0.388. The number of carbonyl (C=O) groups is 2. The van der Waals surface area contributed by atoms with Crippen LogP contribution >= 0.6 is 11.6 Å². The van der Waals surface area contributed by atoms with Crippen molar-refractivity contribution in [3.63, 3.8) is 0 Å². The first-order valence-corrected chi connectivity index (χ1v) is 13.2. The second-order valence-electron chi connectivity index (χ2n) is 10.1. The molecule has 0 bridgehead atoms. The summed E-state index contributed by atoms with van der Waals surface area (Å²) in [6.45, 7) is 4.71. The van der Waals surface area contributed by atoms with Crippen molar-refractivity contribution in [2.75, 3.05) is 19.6 Å². The molecule has 1 atom stereocenters. The summed E-state index contributed by atoms with van der Waals surface area (Å²) in [6, 6.07) is 6.69. The average molecular weight is 534 g/mol. The molecule has 1 aliphatic carbocycles. The van der Waals surface area contributed by atoms with Gasteiger partial charge in [0.05, 0.1) is 23.0 Å². The molecule has 1 fully saturated rings. The van der Waals surface area contributed by atoms with Crippen LogP contribution in [0.25, 0.3) is 5.69 Å². The number of phenolic OH excluding ortho intramolecular Hbond substituents is 1. The number of aromatic nitrogens is 3. The van der Waals surface area contributed by atoms with Crippen LogP contribution in [0.5, 0.6) is 11.5 Å². The van der Waals surface area contributed by atoms with E-state index in [2.05, 4.69) is 17.6 Å². The molecule has 2 aliphatic heterocycles. The van der Waals surface area contributed by atoms with Crippen LogP contribution in [0.1, 0.15) is 64.1 Å². The molecule has 3 aliphatic rings. The van der Waals surface area contributed by atoms with Crippen molar-refractivity contribution in [2.45, 2.75) is 44.1 Å². The van der Waals surface area contributed by atoms with Crippen molar-refractivity contribution in [3.05, 3.63) is 76.3 Å². The van der Waals surface area contributed by atoms with Crippen molar-refractivity contribution in [2.24, 2.45) is 0 Å². The molecule has 0 spiro atoms. The highest BCUT2D eigenvalue weighted by atomic mass is 35.5. The minimum Gasteiger partial charge on any atom is -0.506 e. The highest BCUT2D eigenvalue weighted by molar-refractivity contribution is 6.30. The van der Waals surface area contributed by atoms with Gasteiger partial charge in [0, 0.05) is 44.2 Å². The van der Waals surface area contributed by atoms with E-state index in [0.29, 0.717) is 37.5 Å². The van der Waals surface area contributed by atoms with Gasteiger partial charge >= 0.3 is 0 Å². The highest BCUT2D eigenvalue weighted by Gasteiger charge is 2.40. The molecule has 6 rings (SSSR count). The van der Waals surface area contributed by atoms with Gasteiger partial charge < -0.3 is 20.0 Å². The number of hydrogen-bond donors (Lipinski definition) is 2. The summed E-state index contributed by atoms with van der Waals surface area (Å²) in [7, 11) is 0. The Labute approximate surface area is 225 Å². The fourth-order valence-electron chi connectivity index (χ4n) is 5.80. The standard InChI is InChI=1S/C28H28ClN5O4/c1-2-25(37)32-10-8-19-26-21(34(31-19)20-7-6-17(12-23(20)35)16-4-3-5-16)9-11-33(22(26)15-32)28(38)18-13-24(36)27(29)30-14-18/h2,6-7,12-14,16,22,35-36H,1,3-5,8-11,15H2. The maximum Gasteiger partial charge on any atom is 0.256 e. The minimum atomic E-state index is -0.462. The van der Waals surface area contributed by atoms with Gasteiger partial charge in [-0.05, 0) is 48.6 Å². The van der Waals surface area contributed by atoms with E-state index in [0.717, 1.165) is 35.4 Å². The number of rotatable bonds is 4. The van der Waals surface area contributed by atoms with Gasteiger partial charge in [0.25, 0.3) is 5.91 Å². The summed E-state index contributed by atoms with van der Waals surface area (Å²) in [4.78, 5) is 33.6. The van der Waals surface area contributed by atoms with Crippen molar-refractivity contribution in [3.8, 4) is 17.2 Å². The minimum absolute atomic E-state index is 0.0774. The van der Waals surface area contributed by atoms with E-state index in [1.807, 2.05) is 12.1 Å². The van der Waals surface area contributed by atoms with Gasteiger partial charge in [0.1, 0.15) is 11.4 Å². The number of aromatic hydroxyl groups is 2. The maximum atomic E-state index is 13.6. The Balaban J connectivity index is 1.41. The molecule has 1 unspecified atom stereocenters. The number of amides is 2. The summed E-state index contributed by atoms with van der Waals surface area (Å²) in [5, 5.41) is 25.9. The molecule has 38 heavy (non-hydrogen) atoms. The first-order chi connectivity index (χ1) is 18.4. The maximum absolute atomic E-state index is 13.6. The fraction of sp³-hybridized carbons (Fsp3) is 0.357. The molecule has 196 valence electrons. The second kappa shape index (κ2) is 9.47. The van der Waals surface area contributed by atoms with Gasteiger partial charge in [0.2, 0.25) is 5.91 Å². The highest BCUT2D eigenvalue weighted by Crippen LogP contribution is 2.41. The van der Waals surface area contributed by atoms with Crippen molar-refractivity contribution < 1.29 is 19.8 Å². The van der Waals surface area contributed by atoms with Gasteiger partial charge in [0.15, 0.2) is 10.9 Å². The molecule has 9 nitrogen and oxygen atoms in total. The fourth-order valence-corrected chi connectivity index (χ4v) is 5.90. The van der Waals surface area contributed by atoms with E-state index in [-0.39, 0.29) is 40.6 Å². The third kappa shape index (κ3) is 4.01. The largest absolute Gasteiger partial charge is 0.506 e. The van der Waals surface area contributed by atoms with Crippen molar-refractivity contribution >= 4 is 23.4 Å². The van der Waals surface area contributed by atoms with Crippen molar-refractivity contribution in [1.82, 2.24) is 24.6 Å². The molecule has 0 radical (unpaired) electrons. The smallest absolute Gasteiger partial charge is 0.256 e. The van der Waals surface area contributed by atoms with Crippen LogP contribution in [0.15, 0.2) is 43.1 Å². The Bertz CT molecular complexity index is 1460. The number of phenols is 1. The lowest BCUT2D eigenvalue weighted by Crippen LogP contribution is -2.45. The number of hydrogen-bond acceptors (Lipinski definition) is 6. The molecule has 0 saturated heterocycles. The molecule has 1 saturated carbocycles. The first kappa shape index (κ1) is 24.5. The monoisotopic (exact) mass is 533 g/mol. The van der Waals surface area contributed by atoms with Crippen LogP contribution in [0, 0.1) is 0 Å². The number of nitrogens with zero attached hydrogens (tertiary/aromatic N) is 5. The van der Waals surface area contributed by atoms with Gasteiger partial charge in [-0.2, -0.15) is 5.10 Å². The summed E-state index contributed by atoms with van der Waals surface area (Å²) < 4.78 is 1.81. The molecule has 3 aromatic rings. The lowest BCUT2D eigenvalue weighted by molar-refractivity contribution is -0.126. The zero-order valence-corrected chi connectivity index (χ0v) is 21.6. The first-order valence-electron chi connectivity index (χ1n) is 12.9. The molecule has 1 aromatic carbocycles. The van der Waals surface area contributed by atoms with Crippen LogP contribution in [-0.2, 0) is 17.6 Å². The zero-order valence-electron chi connectivity index (χ0n) is 20.8.